The average molecular weight is 591 g/mol. The molecule has 216 valence electrons. The molecule has 6 aromatic rings. The number of carboxylic acid groups (broad SMARTS) is 1. The number of nitrogens with zero attached hydrogens (tertiary/aromatic N) is 2. The Hall–Kier alpha value is -4.49. The molecule has 1 N–H and O–H groups in total. The second-order valence-corrected chi connectivity index (χ2v) is 12.3. The molecule has 0 atom stereocenters. The summed E-state index contributed by atoms with van der Waals surface area (Å²) in [6.45, 7) is 0.589. The highest BCUT2D eigenvalue weighted by molar-refractivity contribution is 7.21. The van der Waals surface area contributed by atoms with Crippen molar-refractivity contribution in [2.24, 2.45) is 0 Å². The van der Waals surface area contributed by atoms with Crippen LogP contribution in [0.15, 0.2) is 84.9 Å². The van der Waals surface area contributed by atoms with E-state index in [2.05, 4.69) is 34.9 Å². The van der Waals surface area contributed by atoms with E-state index in [1.807, 2.05) is 30.3 Å². The number of benzene rings is 3. The number of halogens is 1. The van der Waals surface area contributed by atoms with Crippen LogP contribution in [0.1, 0.15) is 58.8 Å². The first-order chi connectivity index (χ1) is 21.0. The van der Waals surface area contributed by atoms with E-state index >= 15 is 0 Å². The molecule has 0 aliphatic heterocycles. The quantitative estimate of drug-likeness (QED) is 0.201. The molecule has 1 aliphatic carbocycles. The zero-order valence-corrected chi connectivity index (χ0v) is 24.7. The van der Waals surface area contributed by atoms with Crippen LogP contribution in [0.25, 0.3) is 43.6 Å². The first-order valence-electron chi connectivity index (χ1n) is 14.7. The van der Waals surface area contributed by atoms with E-state index in [4.69, 9.17) is 9.72 Å². The van der Waals surface area contributed by atoms with Crippen molar-refractivity contribution in [3.8, 4) is 28.3 Å². The Labute approximate surface area is 253 Å². The van der Waals surface area contributed by atoms with Crippen molar-refractivity contribution in [2.75, 3.05) is 7.11 Å². The molecule has 7 heteroatoms. The number of hydrogen-bond acceptors (Lipinski definition) is 4. The third kappa shape index (κ3) is 5.19. The molecule has 7 rings (SSSR count). The minimum absolute atomic E-state index is 0.268. The van der Waals surface area contributed by atoms with Crippen LogP contribution >= 0.6 is 11.3 Å². The molecule has 43 heavy (non-hydrogen) atoms. The standard InChI is InChI=1S/C36H31FN2O3S/c1-42-28-9-5-6-22(18-28)21-39-31-20-32(36(40)41)43-35(31)33(24-7-3-2-4-8-24)34(39)26-13-17-30-25(19-26)12-16-29(38-30)23-10-14-27(37)15-11-23/h5-6,9-20,24H,2-4,7-8,21H2,1H3,(H,40,41). The molecule has 3 aromatic carbocycles. The molecular formula is C36H31FN2O3S. The Morgan fingerprint density at radius 2 is 1.77 bits per heavy atom. The summed E-state index contributed by atoms with van der Waals surface area (Å²) in [5, 5.41) is 11.0. The molecule has 0 radical (unpaired) electrons. The zero-order chi connectivity index (χ0) is 29.5. The third-order valence-corrected chi connectivity index (χ3v) is 9.72. The Morgan fingerprint density at radius 3 is 2.53 bits per heavy atom. The number of aromatic nitrogens is 2. The molecule has 0 saturated heterocycles. The van der Waals surface area contributed by atoms with Gasteiger partial charge < -0.3 is 14.4 Å². The van der Waals surface area contributed by atoms with Crippen LogP contribution in [0.3, 0.4) is 0 Å². The van der Waals surface area contributed by atoms with Crippen molar-refractivity contribution in [2.45, 2.75) is 44.6 Å². The van der Waals surface area contributed by atoms with Gasteiger partial charge >= 0.3 is 5.97 Å². The normalized spacial score (nSPS) is 14.0. The fourth-order valence-corrected chi connectivity index (χ4v) is 7.63. The van der Waals surface area contributed by atoms with E-state index in [-0.39, 0.29) is 5.82 Å². The second kappa shape index (κ2) is 11.3. The van der Waals surface area contributed by atoms with Crippen molar-refractivity contribution in [1.82, 2.24) is 9.55 Å². The lowest BCUT2D eigenvalue weighted by atomic mass is 9.83. The van der Waals surface area contributed by atoms with Gasteiger partial charge in [-0.15, -0.1) is 11.3 Å². The average Bonchev–Trinajstić information content (AvgIpc) is 3.60. The van der Waals surface area contributed by atoms with Gasteiger partial charge in [0.15, 0.2) is 0 Å². The summed E-state index contributed by atoms with van der Waals surface area (Å²) in [7, 11) is 1.67. The van der Waals surface area contributed by atoms with Crippen molar-refractivity contribution in [1.29, 1.82) is 0 Å². The number of hydrogen-bond donors (Lipinski definition) is 1. The Kier molecular flexibility index (Phi) is 7.19. The van der Waals surface area contributed by atoms with E-state index in [1.54, 1.807) is 19.2 Å². The van der Waals surface area contributed by atoms with Gasteiger partial charge in [-0.05, 0) is 96.1 Å². The van der Waals surface area contributed by atoms with Crippen molar-refractivity contribution >= 4 is 38.4 Å². The summed E-state index contributed by atoms with van der Waals surface area (Å²) in [6.07, 6.45) is 5.79. The molecule has 1 fully saturated rings. The van der Waals surface area contributed by atoms with Gasteiger partial charge in [0, 0.05) is 17.5 Å². The van der Waals surface area contributed by atoms with Gasteiger partial charge in [0.05, 0.1) is 34.2 Å². The second-order valence-electron chi connectivity index (χ2n) is 11.3. The lowest BCUT2D eigenvalue weighted by Gasteiger charge is -2.24. The lowest BCUT2D eigenvalue weighted by molar-refractivity contribution is 0.0702. The molecule has 0 spiro atoms. The lowest BCUT2D eigenvalue weighted by Crippen LogP contribution is -2.08. The fourth-order valence-electron chi connectivity index (χ4n) is 6.51. The summed E-state index contributed by atoms with van der Waals surface area (Å²) in [4.78, 5) is 17.4. The van der Waals surface area contributed by atoms with Crippen LogP contribution in [0.5, 0.6) is 5.75 Å². The Balaban J connectivity index is 1.42. The molecule has 1 aliphatic rings. The number of carboxylic acids is 1. The Bertz CT molecular complexity index is 1970. The van der Waals surface area contributed by atoms with Crippen LogP contribution in [0, 0.1) is 5.82 Å². The van der Waals surface area contributed by atoms with Crippen LogP contribution in [-0.4, -0.2) is 27.7 Å². The van der Waals surface area contributed by atoms with Crippen molar-refractivity contribution in [3.05, 3.63) is 107 Å². The predicted octanol–water partition coefficient (Wildman–Crippen LogP) is 9.53. The van der Waals surface area contributed by atoms with Crippen LogP contribution in [0.2, 0.25) is 0 Å². The number of pyridine rings is 1. The van der Waals surface area contributed by atoms with Crippen LogP contribution in [-0.2, 0) is 6.54 Å². The van der Waals surface area contributed by atoms with E-state index in [0.717, 1.165) is 67.8 Å². The van der Waals surface area contributed by atoms with E-state index in [9.17, 15) is 14.3 Å². The Morgan fingerprint density at radius 1 is 0.977 bits per heavy atom. The number of thiophene rings is 1. The topological polar surface area (TPSA) is 64.4 Å². The summed E-state index contributed by atoms with van der Waals surface area (Å²) >= 11 is 1.39. The van der Waals surface area contributed by atoms with Crippen molar-refractivity contribution < 1.29 is 19.0 Å². The van der Waals surface area contributed by atoms with E-state index in [0.29, 0.717) is 17.3 Å². The molecule has 1 saturated carbocycles. The SMILES string of the molecule is COc1cccc(Cn2c(-c3ccc4nc(-c5ccc(F)cc5)ccc4c3)c(C3CCCCC3)c3sc(C(=O)O)cc32)c1. The number of methoxy groups -OCH3 is 1. The van der Waals surface area contributed by atoms with Crippen molar-refractivity contribution in [3.63, 3.8) is 0 Å². The fraction of sp³-hybridized carbons (Fsp3) is 0.222. The van der Waals surface area contributed by atoms with E-state index < -0.39 is 5.97 Å². The summed E-state index contributed by atoms with van der Waals surface area (Å²) in [6, 6.07) is 26.8. The molecule has 5 nitrogen and oxygen atoms in total. The van der Waals surface area contributed by atoms with Gasteiger partial charge in [-0.3, -0.25) is 0 Å². The highest BCUT2D eigenvalue weighted by Crippen LogP contribution is 2.47. The molecule has 0 amide bonds. The zero-order valence-electron chi connectivity index (χ0n) is 23.8. The van der Waals surface area contributed by atoms with Gasteiger partial charge in [0.2, 0.25) is 0 Å². The van der Waals surface area contributed by atoms with Gasteiger partial charge in [0.25, 0.3) is 0 Å². The highest BCUT2D eigenvalue weighted by atomic mass is 32.1. The molecule has 3 aromatic heterocycles. The molecular weight excluding hydrogens is 559 g/mol. The van der Waals surface area contributed by atoms with Crippen LogP contribution in [0.4, 0.5) is 4.39 Å². The number of carbonyl (C=O) groups is 1. The molecule has 0 unspecified atom stereocenters. The number of rotatable bonds is 7. The maximum Gasteiger partial charge on any atom is 0.345 e. The monoisotopic (exact) mass is 590 g/mol. The summed E-state index contributed by atoms with van der Waals surface area (Å²) < 4.78 is 22.4. The smallest absolute Gasteiger partial charge is 0.345 e. The van der Waals surface area contributed by atoms with Gasteiger partial charge in [-0.1, -0.05) is 43.5 Å². The maximum atomic E-state index is 13.5. The van der Waals surface area contributed by atoms with Gasteiger partial charge in [-0.25, -0.2) is 14.2 Å². The minimum atomic E-state index is -0.890. The summed E-state index contributed by atoms with van der Waals surface area (Å²) in [5.74, 6) is 0.00214. The first kappa shape index (κ1) is 27.3. The first-order valence-corrected chi connectivity index (χ1v) is 15.5. The maximum absolute atomic E-state index is 13.5. The van der Waals surface area contributed by atoms with E-state index in [1.165, 1.54) is 48.3 Å². The molecule has 3 heterocycles. The highest BCUT2D eigenvalue weighted by Gasteiger charge is 2.29. The van der Waals surface area contributed by atoms with Crippen LogP contribution < -0.4 is 4.74 Å². The number of aromatic carboxylic acids is 1. The van der Waals surface area contributed by atoms with Gasteiger partial charge in [-0.2, -0.15) is 0 Å². The number of fused-ring (bicyclic) bond motifs is 2. The largest absolute Gasteiger partial charge is 0.497 e. The third-order valence-electron chi connectivity index (χ3n) is 8.57. The number of ether oxygens (including phenoxy) is 1. The van der Waals surface area contributed by atoms with Gasteiger partial charge in [0.1, 0.15) is 16.4 Å². The minimum Gasteiger partial charge on any atom is -0.497 e. The summed E-state index contributed by atoms with van der Waals surface area (Å²) in [5.41, 5.74) is 8.09. The predicted molar refractivity (Wildman–Crippen MR) is 171 cm³/mol. The molecule has 0 bridgehead atoms.